The van der Waals surface area contributed by atoms with E-state index in [-0.39, 0.29) is 23.9 Å². The first kappa shape index (κ1) is 25.0. The van der Waals surface area contributed by atoms with E-state index in [9.17, 15) is 13.2 Å². The van der Waals surface area contributed by atoms with Crippen LogP contribution in [-0.4, -0.2) is 25.2 Å². The van der Waals surface area contributed by atoms with Crippen LogP contribution in [0.15, 0.2) is 71.6 Å². The molecule has 0 aliphatic heterocycles. The van der Waals surface area contributed by atoms with Gasteiger partial charge in [0.15, 0.2) is 0 Å². The highest BCUT2D eigenvalue weighted by atomic mass is 35.5. The molecule has 0 aromatic heterocycles. The fourth-order valence-corrected chi connectivity index (χ4v) is 5.19. The second-order valence-corrected chi connectivity index (χ2v) is 10.8. The monoisotopic (exact) mass is 484 g/mol. The van der Waals surface area contributed by atoms with Crippen molar-refractivity contribution < 1.29 is 13.2 Å². The number of hydrogen-bond acceptors (Lipinski definition) is 3. The van der Waals surface area contributed by atoms with Crippen LogP contribution in [0.4, 0.5) is 5.69 Å². The summed E-state index contributed by atoms with van der Waals surface area (Å²) in [7, 11) is -3.94. The molecule has 0 heterocycles. The predicted molar refractivity (Wildman–Crippen MR) is 134 cm³/mol. The Hall–Kier alpha value is -2.67. The molecule has 1 amide bonds. The Morgan fingerprint density at radius 1 is 1.00 bits per heavy atom. The van der Waals surface area contributed by atoms with Gasteiger partial charge in [0.05, 0.1) is 11.4 Å². The molecule has 3 rings (SSSR count). The summed E-state index contributed by atoms with van der Waals surface area (Å²) in [5.74, 6) is -0.183. The molecule has 7 heteroatoms. The Kier molecular flexibility index (Phi) is 7.95. The molecule has 0 saturated heterocycles. The first-order valence-corrected chi connectivity index (χ1v) is 12.6. The Balaban J connectivity index is 1.93. The van der Waals surface area contributed by atoms with Gasteiger partial charge in [0.25, 0.3) is 0 Å². The smallest absolute Gasteiger partial charge is 0.243 e. The lowest BCUT2D eigenvalue weighted by Crippen LogP contribution is -2.37. The summed E-state index contributed by atoms with van der Waals surface area (Å²) < 4.78 is 28.1. The van der Waals surface area contributed by atoms with E-state index in [4.69, 9.17) is 11.6 Å². The lowest BCUT2D eigenvalue weighted by Gasteiger charge is -2.23. The third-order valence-electron chi connectivity index (χ3n) is 5.40. The molecule has 0 fully saturated rings. The number of carbonyl (C=O) groups excluding carboxylic acids is 1. The van der Waals surface area contributed by atoms with Gasteiger partial charge in [0.1, 0.15) is 0 Å². The van der Waals surface area contributed by atoms with Crippen molar-refractivity contribution in [2.24, 2.45) is 0 Å². The first-order chi connectivity index (χ1) is 15.6. The maximum Gasteiger partial charge on any atom is 0.243 e. The minimum absolute atomic E-state index is 0.0743. The van der Waals surface area contributed by atoms with Gasteiger partial charge < -0.3 is 5.32 Å². The highest BCUT2D eigenvalue weighted by Gasteiger charge is 2.27. The topological polar surface area (TPSA) is 66.5 Å². The number of rotatable bonds is 8. The van der Waals surface area contributed by atoms with Gasteiger partial charge in [-0.3, -0.25) is 4.79 Å². The number of nitrogens with one attached hydrogen (secondary N) is 1. The Morgan fingerprint density at radius 3 is 2.30 bits per heavy atom. The molecule has 0 spiro atoms. The molecule has 174 valence electrons. The Bertz CT molecular complexity index is 1240. The van der Waals surface area contributed by atoms with Crippen LogP contribution in [0.25, 0.3) is 0 Å². The summed E-state index contributed by atoms with van der Waals surface area (Å²) in [4.78, 5) is 13.2. The largest absolute Gasteiger partial charge is 0.324 e. The van der Waals surface area contributed by atoms with Crippen molar-refractivity contribution in [2.75, 3.05) is 11.9 Å². The molecule has 0 saturated carbocycles. The number of anilines is 1. The third kappa shape index (κ3) is 6.22. The van der Waals surface area contributed by atoms with Gasteiger partial charge >= 0.3 is 0 Å². The summed E-state index contributed by atoms with van der Waals surface area (Å²) in [6, 6.07) is 19.4. The molecule has 0 atom stereocenters. The molecule has 33 heavy (non-hydrogen) atoms. The summed E-state index contributed by atoms with van der Waals surface area (Å²) in [5, 5.41) is 3.40. The first-order valence-electron chi connectivity index (χ1n) is 10.8. The number of benzene rings is 3. The molecule has 3 aromatic carbocycles. The lowest BCUT2D eigenvalue weighted by molar-refractivity contribution is -0.116. The number of aryl methyl sites for hydroxylation is 2. The van der Waals surface area contributed by atoms with Gasteiger partial charge in [0, 0.05) is 17.3 Å². The highest BCUT2D eigenvalue weighted by Crippen LogP contribution is 2.28. The molecule has 0 bridgehead atoms. The minimum Gasteiger partial charge on any atom is -0.324 e. The van der Waals surface area contributed by atoms with Crippen LogP contribution in [0.3, 0.4) is 0 Å². The van der Waals surface area contributed by atoms with Crippen molar-refractivity contribution in [3.63, 3.8) is 0 Å². The quantitative estimate of drug-likeness (QED) is 0.432. The second kappa shape index (κ2) is 10.5. The van der Waals surface area contributed by atoms with E-state index in [0.29, 0.717) is 5.02 Å². The molecule has 1 N–H and O–H groups in total. The SMILES string of the molecule is Cc1cccc(CN(CC(=O)Nc2c(C)cccc2C(C)C)S(=O)(=O)c2ccc(Cl)cc2)c1. The number of para-hydroxylation sites is 1. The normalized spacial score (nSPS) is 11.7. The number of sulfonamides is 1. The van der Waals surface area contributed by atoms with E-state index in [2.05, 4.69) is 19.2 Å². The predicted octanol–water partition coefficient (Wildman–Crippen LogP) is 5.91. The van der Waals surface area contributed by atoms with E-state index in [1.54, 1.807) is 0 Å². The van der Waals surface area contributed by atoms with Crippen LogP contribution in [-0.2, 0) is 21.4 Å². The van der Waals surface area contributed by atoms with Crippen molar-refractivity contribution in [1.82, 2.24) is 4.31 Å². The summed E-state index contributed by atoms with van der Waals surface area (Å²) in [6.07, 6.45) is 0. The zero-order valence-corrected chi connectivity index (χ0v) is 20.9. The van der Waals surface area contributed by atoms with Crippen molar-refractivity contribution in [1.29, 1.82) is 0 Å². The van der Waals surface area contributed by atoms with Gasteiger partial charge in [0.2, 0.25) is 15.9 Å². The number of nitrogens with zero attached hydrogens (tertiary/aromatic N) is 1. The molecular formula is C26H29ClN2O3S. The maximum absolute atomic E-state index is 13.5. The molecule has 0 radical (unpaired) electrons. The number of hydrogen-bond donors (Lipinski definition) is 1. The second-order valence-electron chi connectivity index (χ2n) is 8.46. The van der Waals surface area contributed by atoms with E-state index >= 15 is 0 Å². The average Bonchev–Trinajstić information content (AvgIpc) is 2.75. The van der Waals surface area contributed by atoms with Gasteiger partial charge in [-0.25, -0.2) is 8.42 Å². The van der Waals surface area contributed by atoms with Gasteiger partial charge in [-0.15, -0.1) is 0 Å². The molecule has 0 unspecified atom stereocenters. The third-order valence-corrected chi connectivity index (χ3v) is 7.46. The van der Waals surface area contributed by atoms with E-state index in [0.717, 1.165) is 27.9 Å². The fourth-order valence-electron chi connectivity index (χ4n) is 3.68. The van der Waals surface area contributed by atoms with Crippen LogP contribution in [0, 0.1) is 13.8 Å². The van der Waals surface area contributed by atoms with Gasteiger partial charge in [-0.2, -0.15) is 4.31 Å². The lowest BCUT2D eigenvalue weighted by atomic mass is 9.98. The van der Waals surface area contributed by atoms with Gasteiger partial charge in [-0.1, -0.05) is 73.5 Å². The molecular weight excluding hydrogens is 456 g/mol. The molecule has 0 aliphatic rings. The summed E-state index contributed by atoms with van der Waals surface area (Å²) in [5.41, 5.74) is 4.49. The molecule has 0 aliphatic carbocycles. The average molecular weight is 485 g/mol. The van der Waals surface area contributed by atoms with Crippen LogP contribution in [0.2, 0.25) is 5.02 Å². The number of halogens is 1. The molecule has 5 nitrogen and oxygen atoms in total. The van der Waals surface area contributed by atoms with E-state index in [1.807, 2.05) is 56.3 Å². The van der Waals surface area contributed by atoms with E-state index in [1.165, 1.54) is 28.6 Å². The van der Waals surface area contributed by atoms with Crippen LogP contribution >= 0.6 is 11.6 Å². The fraction of sp³-hybridized carbons (Fsp3) is 0.269. The van der Waals surface area contributed by atoms with Crippen LogP contribution in [0.1, 0.15) is 42.0 Å². The summed E-state index contributed by atoms with van der Waals surface area (Å²) in [6.45, 7) is 7.74. The zero-order valence-electron chi connectivity index (χ0n) is 19.3. The Labute approximate surface area is 201 Å². The maximum atomic E-state index is 13.5. The highest BCUT2D eigenvalue weighted by molar-refractivity contribution is 7.89. The van der Waals surface area contributed by atoms with Gasteiger partial charge in [-0.05, 0) is 60.7 Å². The minimum atomic E-state index is -3.94. The number of carbonyl (C=O) groups is 1. The molecule has 3 aromatic rings. The van der Waals surface area contributed by atoms with Crippen LogP contribution in [0.5, 0.6) is 0 Å². The van der Waals surface area contributed by atoms with Crippen molar-refractivity contribution in [3.8, 4) is 0 Å². The van der Waals surface area contributed by atoms with Crippen molar-refractivity contribution >= 4 is 33.2 Å². The standard InChI is InChI=1S/C26H29ClN2O3S/c1-18(2)24-10-6-8-20(4)26(24)28-25(30)17-29(16-21-9-5-7-19(3)15-21)33(31,32)23-13-11-22(27)12-14-23/h5-15,18H,16-17H2,1-4H3,(H,28,30). The zero-order chi connectivity index (χ0) is 24.2. The van der Waals surface area contributed by atoms with Crippen molar-refractivity contribution in [2.45, 2.75) is 45.1 Å². The van der Waals surface area contributed by atoms with E-state index < -0.39 is 15.9 Å². The summed E-state index contributed by atoms with van der Waals surface area (Å²) >= 11 is 5.95. The van der Waals surface area contributed by atoms with Crippen molar-refractivity contribution in [3.05, 3.63) is 94.0 Å². The Morgan fingerprint density at radius 2 is 1.67 bits per heavy atom. The number of amides is 1. The van der Waals surface area contributed by atoms with Crippen LogP contribution < -0.4 is 5.32 Å².